The number of benzene rings is 2. The maximum Gasteiger partial charge on any atom is 0.269 e. The maximum absolute atomic E-state index is 13.0. The first kappa shape index (κ1) is 16.4. The lowest BCUT2D eigenvalue weighted by molar-refractivity contribution is -0.384. The maximum atomic E-state index is 13.0. The number of piperazine rings is 1. The monoisotopic (exact) mass is 329 g/mol. The van der Waals surface area contributed by atoms with Crippen LogP contribution in [0.5, 0.6) is 0 Å². The van der Waals surface area contributed by atoms with Gasteiger partial charge in [-0.3, -0.25) is 15.0 Å². The fourth-order valence-corrected chi connectivity index (χ4v) is 3.10. The molecule has 1 heterocycles. The quantitative estimate of drug-likeness (QED) is 0.635. The number of non-ortho nitro benzene ring substituents is 1. The van der Waals surface area contributed by atoms with E-state index in [0.29, 0.717) is 0 Å². The minimum absolute atomic E-state index is 0.113. The molecule has 1 atom stereocenters. The summed E-state index contributed by atoms with van der Waals surface area (Å²) in [6.07, 6.45) is 0. The summed E-state index contributed by atoms with van der Waals surface area (Å²) >= 11 is 0. The van der Waals surface area contributed by atoms with Gasteiger partial charge in [0.1, 0.15) is 5.82 Å². The molecular formula is C18H20FN3O2. The molecule has 0 bridgehead atoms. The zero-order valence-electron chi connectivity index (χ0n) is 13.6. The Kier molecular flexibility index (Phi) is 4.76. The van der Waals surface area contributed by atoms with Crippen LogP contribution in [0.3, 0.4) is 0 Å². The molecule has 3 rings (SSSR count). The molecule has 0 radical (unpaired) electrons. The summed E-state index contributed by atoms with van der Waals surface area (Å²) in [7, 11) is 0. The fourth-order valence-electron chi connectivity index (χ4n) is 3.10. The highest BCUT2D eigenvalue weighted by Crippen LogP contribution is 2.25. The summed E-state index contributed by atoms with van der Waals surface area (Å²) in [5.41, 5.74) is 2.23. The van der Waals surface area contributed by atoms with E-state index >= 15 is 0 Å². The number of hydrogen-bond acceptors (Lipinski definition) is 4. The van der Waals surface area contributed by atoms with Crippen LogP contribution in [0.1, 0.15) is 18.5 Å². The van der Waals surface area contributed by atoms with E-state index in [1.807, 2.05) is 12.1 Å². The van der Waals surface area contributed by atoms with Crippen molar-refractivity contribution in [2.75, 3.05) is 31.1 Å². The van der Waals surface area contributed by atoms with Crippen LogP contribution in [-0.2, 0) is 0 Å². The third kappa shape index (κ3) is 3.54. The van der Waals surface area contributed by atoms with Crippen molar-refractivity contribution in [3.05, 3.63) is 70.0 Å². The molecule has 2 aromatic carbocycles. The molecule has 0 spiro atoms. The molecule has 126 valence electrons. The van der Waals surface area contributed by atoms with Crippen LogP contribution in [0.4, 0.5) is 15.8 Å². The second kappa shape index (κ2) is 6.97. The van der Waals surface area contributed by atoms with E-state index < -0.39 is 0 Å². The van der Waals surface area contributed by atoms with Gasteiger partial charge in [0.25, 0.3) is 5.69 Å². The predicted molar refractivity (Wildman–Crippen MR) is 91.7 cm³/mol. The van der Waals surface area contributed by atoms with Crippen molar-refractivity contribution in [3.8, 4) is 0 Å². The molecule has 0 amide bonds. The number of anilines is 1. The summed E-state index contributed by atoms with van der Waals surface area (Å²) in [5, 5.41) is 10.7. The first-order valence-electron chi connectivity index (χ1n) is 8.03. The van der Waals surface area contributed by atoms with Crippen LogP contribution < -0.4 is 4.90 Å². The minimum atomic E-state index is -0.383. The molecule has 1 unspecified atom stereocenters. The van der Waals surface area contributed by atoms with E-state index in [1.54, 1.807) is 24.3 Å². The van der Waals surface area contributed by atoms with Gasteiger partial charge in [-0.25, -0.2) is 4.39 Å². The third-order valence-electron chi connectivity index (χ3n) is 4.64. The highest BCUT2D eigenvalue weighted by Gasteiger charge is 2.22. The second-order valence-electron chi connectivity index (χ2n) is 6.02. The van der Waals surface area contributed by atoms with Crippen molar-refractivity contribution in [3.63, 3.8) is 0 Å². The molecule has 0 saturated carbocycles. The lowest BCUT2D eigenvalue weighted by atomic mass is 10.1. The second-order valence-corrected chi connectivity index (χ2v) is 6.02. The Bertz CT molecular complexity index is 695. The van der Waals surface area contributed by atoms with Gasteiger partial charge in [0.05, 0.1) is 4.92 Å². The van der Waals surface area contributed by atoms with Crippen LogP contribution >= 0.6 is 0 Å². The topological polar surface area (TPSA) is 49.6 Å². The van der Waals surface area contributed by atoms with Gasteiger partial charge in [-0.2, -0.15) is 0 Å². The van der Waals surface area contributed by atoms with Crippen molar-refractivity contribution in [1.29, 1.82) is 0 Å². The summed E-state index contributed by atoms with van der Waals surface area (Å²) in [6.45, 7) is 5.66. The number of nitro groups is 1. The molecule has 1 saturated heterocycles. The minimum Gasteiger partial charge on any atom is -0.369 e. The summed E-state index contributed by atoms with van der Waals surface area (Å²) in [4.78, 5) is 14.9. The van der Waals surface area contributed by atoms with Crippen molar-refractivity contribution in [2.24, 2.45) is 0 Å². The van der Waals surface area contributed by atoms with Gasteiger partial charge in [-0.1, -0.05) is 12.1 Å². The van der Waals surface area contributed by atoms with Gasteiger partial charge in [-0.15, -0.1) is 0 Å². The molecule has 24 heavy (non-hydrogen) atoms. The normalized spacial score (nSPS) is 16.8. The Morgan fingerprint density at radius 1 is 1.00 bits per heavy atom. The number of nitro benzene ring substituents is 1. The largest absolute Gasteiger partial charge is 0.369 e. The van der Waals surface area contributed by atoms with Crippen molar-refractivity contribution in [2.45, 2.75) is 13.0 Å². The number of halogens is 1. The zero-order valence-corrected chi connectivity index (χ0v) is 13.6. The van der Waals surface area contributed by atoms with Gasteiger partial charge >= 0.3 is 0 Å². The predicted octanol–water partition coefficient (Wildman–Crippen LogP) is 3.62. The molecule has 1 aliphatic rings. The zero-order chi connectivity index (χ0) is 17.1. The van der Waals surface area contributed by atoms with Crippen molar-refractivity contribution < 1.29 is 9.31 Å². The number of hydrogen-bond donors (Lipinski definition) is 0. The smallest absolute Gasteiger partial charge is 0.269 e. The van der Waals surface area contributed by atoms with Crippen LogP contribution in [0.2, 0.25) is 0 Å². The molecule has 2 aromatic rings. The van der Waals surface area contributed by atoms with Crippen LogP contribution in [-0.4, -0.2) is 36.0 Å². The highest BCUT2D eigenvalue weighted by atomic mass is 19.1. The average molecular weight is 329 g/mol. The molecular weight excluding hydrogens is 309 g/mol. The third-order valence-corrected chi connectivity index (χ3v) is 4.64. The van der Waals surface area contributed by atoms with Gasteiger partial charge in [0, 0.05) is 50.0 Å². The number of nitrogens with zero attached hydrogens (tertiary/aromatic N) is 3. The lowest BCUT2D eigenvalue weighted by Crippen LogP contribution is -2.47. The molecule has 6 heteroatoms. The van der Waals surface area contributed by atoms with Gasteiger partial charge in [-0.05, 0) is 36.8 Å². The Balaban J connectivity index is 1.60. The van der Waals surface area contributed by atoms with E-state index in [0.717, 1.165) is 37.4 Å². The summed E-state index contributed by atoms with van der Waals surface area (Å²) in [5.74, 6) is -0.214. The summed E-state index contributed by atoms with van der Waals surface area (Å²) < 4.78 is 13.0. The highest BCUT2D eigenvalue weighted by molar-refractivity contribution is 5.51. The Hall–Kier alpha value is -2.47. The van der Waals surface area contributed by atoms with E-state index in [1.165, 1.54) is 12.1 Å². The Labute approximate surface area is 140 Å². The Morgan fingerprint density at radius 2 is 1.58 bits per heavy atom. The van der Waals surface area contributed by atoms with Crippen molar-refractivity contribution in [1.82, 2.24) is 4.90 Å². The first-order chi connectivity index (χ1) is 11.5. The number of rotatable bonds is 4. The molecule has 5 nitrogen and oxygen atoms in total. The van der Waals surface area contributed by atoms with Gasteiger partial charge in [0.15, 0.2) is 0 Å². The van der Waals surface area contributed by atoms with Gasteiger partial charge < -0.3 is 4.90 Å². The van der Waals surface area contributed by atoms with E-state index in [4.69, 9.17) is 0 Å². The SMILES string of the molecule is CC(c1ccc(F)cc1)N1CCN(c2ccc([N+](=O)[O-])cc2)CC1. The standard InChI is InChI=1S/C18H20FN3O2/c1-14(15-2-4-16(19)5-3-15)20-10-12-21(13-11-20)17-6-8-18(9-7-17)22(23)24/h2-9,14H,10-13H2,1H3. The molecule has 1 aliphatic heterocycles. The molecule has 1 fully saturated rings. The van der Waals surface area contributed by atoms with Crippen LogP contribution in [0.15, 0.2) is 48.5 Å². The molecule has 0 N–H and O–H groups in total. The molecule has 0 aliphatic carbocycles. The van der Waals surface area contributed by atoms with E-state index in [-0.39, 0.29) is 22.5 Å². The first-order valence-corrected chi connectivity index (χ1v) is 8.03. The summed E-state index contributed by atoms with van der Waals surface area (Å²) in [6, 6.07) is 13.6. The van der Waals surface area contributed by atoms with E-state index in [9.17, 15) is 14.5 Å². The van der Waals surface area contributed by atoms with Crippen molar-refractivity contribution >= 4 is 11.4 Å². The fraction of sp³-hybridized carbons (Fsp3) is 0.333. The lowest BCUT2D eigenvalue weighted by Gasteiger charge is -2.39. The van der Waals surface area contributed by atoms with Crippen LogP contribution in [0, 0.1) is 15.9 Å². The average Bonchev–Trinajstić information content (AvgIpc) is 2.62. The molecule has 0 aromatic heterocycles. The van der Waals surface area contributed by atoms with Gasteiger partial charge in [0.2, 0.25) is 0 Å². The van der Waals surface area contributed by atoms with E-state index in [2.05, 4.69) is 16.7 Å². The Morgan fingerprint density at radius 3 is 2.12 bits per heavy atom. The van der Waals surface area contributed by atoms with Crippen LogP contribution in [0.25, 0.3) is 0 Å².